The summed E-state index contributed by atoms with van der Waals surface area (Å²) in [5.74, 6) is 1.31. The Morgan fingerprint density at radius 2 is 1.60 bits per heavy atom. The van der Waals surface area contributed by atoms with Crippen molar-refractivity contribution in [3.8, 4) is 0 Å². The highest BCUT2D eigenvalue weighted by atomic mass is 79.9. The topological polar surface area (TPSA) is 49.3 Å². The highest BCUT2D eigenvalue weighted by molar-refractivity contribution is 9.10. The van der Waals surface area contributed by atoms with E-state index in [2.05, 4.69) is 20.8 Å². The van der Waals surface area contributed by atoms with Gasteiger partial charge < -0.3 is 4.90 Å². The van der Waals surface area contributed by atoms with Crippen LogP contribution in [0.5, 0.6) is 0 Å². The molecular weight excluding hydrogens is 380 g/mol. The van der Waals surface area contributed by atoms with Crippen LogP contribution in [-0.4, -0.2) is 36.0 Å². The summed E-state index contributed by atoms with van der Waals surface area (Å²) in [5.41, 5.74) is 2.26. The van der Waals surface area contributed by atoms with Crippen LogP contribution in [0.3, 0.4) is 0 Å². The van der Waals surface area contributed by atoms with Crippen LogP contribution in [0.4, 0.5) is 11.6 Å². The number of nitrogens with zero attached hydrogens (tertiary/aromatic N) is 4. The Kier molecular flexibility index (Phi) is 4.13. The zero-order chi connectivity index (χ0) is 17.4. The number of amides is 1. The molecule has 0 atom stereocenters. The molecule has 0 spiro atoms. The van der Waals surface area contributed by atoms with Gasteiger partial charge in [-0.15, -0.1) is 0 Å². The summed E-state index contributed by atoms with van der Waals surface area (Å²) in [5, 5.41) is 0. The normalized spacial score (nSPS) is 14.3. The SMILES string of the molecule is CN1CCCN(C(=O)c2ccccc2Br)c2nc3ccccc3nc21. The summed E-state index contributed by atoms with van der Waals surface area (Å²) >= 11 is 3.48. The summed E-state index contributed by atoms with van der Waals surface area (Å²) in [4.78, 5) is 26.5. The lowest BCUT2D eigenvalue weighted by Crippen LogP contribution is -2.32. The van der Waals surface area contributed by atoms with Gasteiger partial charge >= 0.3 is 0 Å². The number of carbonyl (C=O) groups excluding carboxylic acids is 1. The van der Waals surface area contributed by atoms with E-state index in [-0.39, 0.29) is 5.91 Å². The van der Waals surface area contributed by atoms with Crippen LogP contribution < -0.4 is 9.80 Å². The Hall–Kier alpha value is -2.47. The number of anilines is 2. The van der Waals surface area contributed by atoms with Crippen molar-refractivity contribution in [1.29, 1.82) is 0 Å². The van der Waals surface area contributed by atoms with E-state index in [1.165, 1.54) is 0 Å². The van der Waals surface area contributed by atoms with Crippen LogP contribution in [0.25, 0.3) is 11.0 Å². The third kappa shape index (κ3) is 2.87. The number of hydrogen-bond acceptors (Lipinski definition) is 4. The summed E-state index contributed by atoms with van der Waals surface area (Å²) in [7, 11) is 1.99. The molecule has 0 radical (unpaired) electrons. The number of rotatable bonds is 1. The van der Waals surface area contributed by atoms with Crippen molar-refractivity contribution in [2.24, 2.45) is 0 Å². The first-order valence-corrected chi connectivity index (χ1v) is 8.99. The molecule has 1 amide bonds. The van der Waals surface area contributed by atoms with Crippen LogP contribution >= 0.6 is 15.9 Å². The predicted octanol–water partition coefficient (Wildman–Crippen LogP) is 3.88. The van der Waals surface area contributed by atoms with E-state index in [4.69, 9.17) is 9.97 Å². The van der Waals surface area contributed by atoms with Crippen molar-refractivity contribution in [3.63, 3.8) is 0 Å². The number of benzene rings is 2. The van der Waals surface area contributed by atoms with Gasteiger partial charge in [-0.2, -0.15) is 0 Å². The summed E-state index contributed by atoms with van der Waals surface area (Å²) in [6.45, 7) is 1.45. The quantitative estimate of drug-likeness (QED) is 0.626. The molecule has 25 heavy (non-hydrogen) atoms. The van der Waals surface area contributed by atoms with E-state index in [0.717, 1.165) is 34.3 Å². The van der Waals surface area contributed by atoms with Crippen LogP contribution in [0.1, 0.15) is 16.8 Å². The van der Waals surface area contributed by atoms with Crippen molar-refractivity contribution in [1.82, 2.24) is 9.97 Å². The molecule has 1 aliphatic heterocycles. The van der Waals surface area contributed by atoms with Gasteiger partial charge in [0.25, 0.3) is 5.91 Å². The van der Waals surface area contributed by atoms with Crippen molar-refractivity contribution in [3.05, 3.63) is 58.6 Å². The van der Waals surface area contributed by atoms with Crippen LogP contribution in [0.2, 0.25) is 0 Å². The van der Waals surface area contributed by atoms with Gasteiger partial charge in [0.05, 0.1) is 16.6 Å². The molecule has 2 heterocycles. The third-order valence-corrected chi connectivity index (χ3v) is 5.07. The lowest BCUT2D eigenvalue weighted by molar-refractivity contribution is 0.0986. The Morgan fingerprint density at radius 1 is 0.960 bits per heavy atom. The van der Waals surface area contributed by atoms with Crippen molar-refractivity contribution >= 4 is 44.5 Å². The molecule has 3 aromatic rings. The maximum Gasteiger partial charge on any atom is 0.260 e. The second kappa shape index (κ2) is 6.44. The van der Waals surface area contributed by atoms with E-state index >= 15 is 0 Å². The zero-order valence-electron chi connectivity index (χ0n) is 13.8. The van der Waals surface area contributed by atoms with Gasteiger partial charge in [-0.3, -0.25) is 9.69 Å². The van der Waals surface area contributed by atoms with E-state index in [1.54, 1.807) is 4.90 Å². The number of para-hydroxylation sites is 2. The maximum absolute atomic E-state index is 13.2. The third-order valence-electron chi connectivity index (χ3n) is 4.38. The second-order valence-electron chi connectivity index (χ2n) is 6.07. The summed E-state index contributed by atoms with van der Waals surface area (Å²) < 4.78 is 0.785. The lowest BCUT2D eigenvalue weighted by Gasteiger charge is -2.23. The fraction of sp³-hybridized carbons (Fsp3) is 0.211. The van der Waals surface area contributed by atoms with E-state index in [9.17, 15) is 4.79 Å². The molecule has 4 rings (SSSR count). The molecule has 1 aromatic heterocycles. The fourth-order valence-electron chi connectivity index (χ4n) is 3.07. The average molecular weight is 397 g/mol. The fourth-order valence-corrected chi connectivity index (χ4v) is 3.53. The van der Waals surface area contributed by atoms with E-state index in [0.29, 0.717) is 17.9 Å². The minimum absolute atomic E-state index is 0.0615. The number of halogens is 1. The molecule has 0 saturated carbocycles. The molecular formula is C19H17BrN4O. The largest absolute Gasteiger partial charge is 0.357 e. The van der Waals surface area contributed by atoms with E-state index < -0.39 is 0 Å². The zero-order valence-corrected chi connectivity index (χ0v) is 15.4. The number of fused-ring (bicyclic) bond motifs is 2. The minimum Gasteiger partial charge on any atom is -0.357 e. The molecule has 0 aliphatic carbocycles. The Balaban J connectivity index is 1.87. The Morgan fingerprint density at radius 3 is 2.32 bits per heavy atom. The smallest absolute Gasteiger partial charge is 0.260 e. The summed E-state index contributed by atoms with van der Waals surface area (Å²) in [6.07, 6.45) is 0.862. The minimum atomic E-state index is -0.0615. The number of carbonyl (C=O) groups is 1. The molecule has 0 fully saturated rings. The molecule has 0 N–H and O–H groups in total. The van der Waals surface area contributed by atoms with Crippen molar-refractivity contribution in [2.45, 2.75) is 6.42 Å². The van der Waals surface area contributed by atoms with Crippen molar-refractivity contribution in [2.75, 3.05) is 29.9 Å². The standard InChI is InChI=1S/C19H17BrN4O/c1-23-11-6-12-24(19(25)13-7-2-3-8-14(13)20)18-17(23)21-15-9-4-5-10-16(15)22-18/h2-5,7-10H,6,11-12H2,1H3. The average Bonchev–Trinajstić information content (AvgIpc) is 2.79. The highest BCUT2D eigenvalue weighted by Gasteiger charge is 2.28. The van der Waals surface area contributed by atoms with Gasteiger partial charge in [-0.25, -0.2) is 9.97 Å². The van der Waals surface area contributed by atoms with Gasteiger partial charge in [0.15, 0.2) is 11.6 Å². The van der Waals surface area contributed by atoms with E-state index in [1.807, 2.05) is 55.6 Å². The second-order valence-corrected chi connectivity index (χ2v) is 6.93. The number of aromatic nitrogens is 2. The van der Waals surface area contributed by atoms with Gasteiger partial charge in [-0.1, -0.05) is 24.3 Å². The monoisotopic (exact) mass is 396 g/mol. The Labute approximate surface area is 154 Å². The van der Waals surface area contributed by atoms with Crippen molar-refractivity contribution < 1.29 is 4.79 Å². The van der Waals surface area contributed by atoms with Crippen LogP contribution in [0, 0.1) is 0 Å². The Bertz CT molecular complexity index is 959. The predicted molar refractivity (Wildman–Crippen MR) is 103 cm³/mol. The summed E-state index contributed by atoms with van der Waals surface area (Å²) in [6, 6.07) is 15.2. The van der Waals surface area contributed by atoms with Gasteiger partial charge in [0, 0.05) is 24.6 Å². The first-order valence-electron chi connectivity index (χ1n) is 8.19. The van der Waals surface area contributed by atoms with Gasteiger partial charge in [0.2, 0.25) is 0 Å². The molecule has 6 heteroatoms. The molecule has 5 nitrogen and oxygen atoms in total. The maximum atomic E-state index is 13.2. The number of hydrogen-bond donors (Lipinski definition) is 0. The molecule has 0 bridgehead atoms. The molecule has 0 unspecified atom stereocenters. The first-order chi connectivity index (χ1) is 12.1. The highest BCUT2D eigenvalue weighted by Crippen LogP contribution is 2.32. The molecule has 2 aromatic carbocycles. The molecule has 1 aliphatic rings. The van der Waals surface area contributed by atoms with Crippen LogP contribution in [0.15, 0.2) is 53.0 Å². The van der Waals surface area contributed by atoms with Gasteiger partial charge in [-0.05, 0) is 46.6 Å². The molecule has 126 valence electrons. The van der Waals surface area contributed by atoms with Gasteiger partial charge in [0.1, 0.15) is 0 Å². The first kappa shape index (κ1) is 16.0. The van der Waals surface area contributed by atoms with Crippen LogP contribution in [-0.2, 0) is 0 Å². The lowest BCUT2D eigenvalue weighted by atomic mass is 10.2. The molecule has 0 saturated heterocycles.